The lowest BCUT2D eigenvalue weighted by Gasteiger charge is -2.26. The number of aryl methyl sites for hydroxylation is 3. The number of hydrogen-bond donors (Lipinski definition) is 1. The second-order valence-corrected chi connectivity index (χ2v) is 6.08. The maximum atomic E-state index is 3.39. The molecule has 1 N–H and O–H groups in total. The van der Waals surface area contributed by atoms with Crippen molar-refractivity contribution in [1.29, 1.82) is 0 Å². The van der Waals surface area contributed by atoms with E-state index in [1.807, 2.05) is 0 Å². The predicted molar refractivity (Wildman–Crippen MR) is 79.9 cm³/mol. The zero-order valence-corrected chi connectivity index (χ0v) is 11.7. The molecular formula is C17H22N2. The minimum Gasteiger partial charge on any atom is -0.344 e. The molecule has 2 nitrogen and oxygen atoms in total. The van der Waals surface area contributed by atoms with E-state index in [0.29, 0.717) is 5.92 Å². The van der Waals surface area contributed by atoms with Crippen molar-refractivity contribution in [2.24, 2.45) is 0 Å². The van der Waals surface area contributed by atoms with Crippen LogP contribution in [0.5, 0.6) is 0 Å². The smallest absolute Gasteiger partial charge is 0.0518 e. The van der Waals surface area contributed by atoms with Crippen LogP contribution in [0.1, 0.15) is 42.0 Å². The van der Waals surface area contributed by atoms with Gasteiger partial charge in [0.25, 0.3) is 0 Å². The average molecular weight is 254 g/mol. The Labute approximate surface area is 114 Å². The van der Waals surface area contributed by atoms with Gasteiger partial charge in [-0.15, -0.1) is 0 Å². The van der Waals surface area contributed by atoms with Crippen LogP contribution in [-0.4, -0.2) is 18.2 Å². The van der Waals surface area contributed by atoms with Crippen LogP contribution in [-0.2, 0) is 19.4 Å². The largest absolute Gasteiger partial charge is 0.344 e. The van der Waals surface area contributed by atoms with Gasteiger partial charge in [-0.05, 0) is 50.3 Å². The van der Waals surface area contributed by atoms with Crippen LogP contribution in [0.3, 0.4) is 0 Å². The minimum absolute atomic E-state index is 0.715. The van der Waals surface area contributed by atoms with Gasteiger partial charge in [0.15, 0.2) is 0 Å². The number of benzene rings is 1. The third-order valence-corrected chi connectivity index (χ3v) is 4.96. The monoisotopic (exact) mass is 254 g/mol. The lowest BCUT2D eigenvalue weighted by Crippen LogP contribution is -2.24. The molecule has 0 fully saturated rings. The van der Waals surface area contributed by atoms with Crippen molar-refractivity contribution in [2.75, 3.05) is 13.6 Å². The van der Waals surface area contributed by atoms with Crippen LogP contribution >= 0.6 is 0 Å². The van der Waals surface area contributed by atoms with E-state index in [4.69, 9.17) is 0 Å². The van der Waals surface area contributed by atoms with E-state index in [-0.39, 0.29) is 0 Å². The quantitative estimate of drug-likeness (QED) is 0.870. The number of fused-ring (bicyclic) bond motifs is 3. The van der Waals surface area contributed by atoms with Crippen molar-refractivity contribution in [3.8, 4) is 0 Å². The molecule has 19 heavy (non-hydrogen) atoms. The summed E-state index contributed by atoms with van der Waals surface area (Å²) in [6.07, 6.45) is 6.54. The maximum absolute atomic E-state index is 3.39. The van der Waals surface area contributed by atoms with Crippen molar-refractivity contribution in [3.63, 3.8) is 0 Å². The van der Waals surface area contributed by atoms with Gasteiger partial charge in [0.1, 0.15) is 0 Å². The molecule has 1 aromatic carbocycles. The summed E-state index contributed by atoms with van der Waals surface area (Å²) >= 11 is 0. The first-order valence-electron chi connectivity index (χ1n) is 7.67. The zero-order chi connectivity index (χ0) is 12.8. The molecular weight excluding hydrogens is 232 g/mol. The first-order valence-corrected chi connectivity index (χ1v) is 7.67. The summed E-state index contributed by atoms with van der Waals surface area (Å²) in [5, 5.41) is 4.94. The van der Waals surface area contributed by atoms with Gasteiger partial charge in [0.2, 0.25) is 0 Å². The van der Waals surface area contributed by atoms with E-state index in [1.54, 1.807) is 27.7 Å². The highest BCUT2D eigenvalue weighted by Gasteiger charge is 2.29. The Morgan fingerprint density at radius 1 is 1.26 bits per heavy atom. The molecule has 0 saturated heterocycles. The Balaban J connectivity index is 2.01. The third kappa shape index (κ3) is 1.59. The molecule has 2 aromatic rings. The summed E-state index contributed by atoms with van der Waals surface area (Å²) < 4.78 is 2.66. The fourth-order valence-corrected chi connectivity index (χ4v) is 4.27. The number of rotatable bonds is 2. The SMILES string of the molecule is CNCC1CCCc2c1n1c3c(cccc23)CCC1. The molecule has 4 rings (SSSR count). The topological polar surface area (TPSA) is 17.0 Å². The van der Waals surface area contributed by atoms with Gasteiger partial charge in [-0.25, -0.2) is 0 Å². The van der Waals surface area contributed by atoms with E-state index < -0.39 is 0 Å². The second-order valence-electron chi connectivity index (χ2n) is 6.08. The van der Waals surface area contributed by atoms with Crippen molar-refractivity contribution in [2.45, 2.75) is 44.6 Å². The first kappa shape index (κ1) is 11.5. The number of nitrogens with zero attached hydrogens (tertiary/aromatic N) is 1. The molecule has 1 unspecified atom stereocenters. The van der Waals surface area contributed by atoms with E-state index in [1.165, 1.54) is 38.6 Å². The third-order valence-electron chi connectivity index (χ3n) is 4.96. The fourth-order valence-electron chi connectivity index (χ4n) is 4.27. The highest BCUT2D eigenvalue weighted by atomic mass is 15.0. The summed E-state index contributed by atoms with van der Waals surface area (Å²) in [7, 11) is 2.08. The van der Waals surface area contributed by atoms with Crippen LogP contribution < -0.4 is 5.32 Å². The Morgan fingerprint density at radius 3 is 3.11 bits per heavy atom. The molecule has 1 aromatic heterocycles. The first-order chi connectivity index (χ1) is 9.40. The second kappa shape index (κ2) is 4.38. The Kier molecular flexibility index (Phi) is 2.66. The minimum atomic E-state index is 0.715. The van der Waals surface area contributed by atoms with Gasteiger partial charge in [0, 0.05) is 30.1 Å². The molecule has 1 aliphatic heterocycles. The van der Waals surface area contributed by atoms with Crippen molar-refractivity contribution < 1.29 is 0 Å². The molecule has 0 saturated carbocycles. The molecule has 100 valence electrons. The van der Waals surface area contributed by atoms with Crippen molar-refractivity contribution >= 4 is 10.9 Å². The molecule has 2 heteroatoms. The van der Waals surface area contributed by atoms with Gasteiger partial charge in [-0.1, -0.05) is 18.2 Å². The highest BCUT2D eigenvalue weighted by molar-refractivity contribution is 5.89. The molecule has 2 heterocycles. The summed E-state index contributed by atoms with van der Waals surface area (Å²) in [6, 6.07) is 6.94. The molecule has 1 aliphatic carbocycles. The Morgan fingerprint density at radius 2 is 2.21 bits per heavy atom. The van der Waals surface area contributed by atoms with Crippen LogP contribution in [0.25, 0.3) is 10.9 Å². The van der Waals surface area contributed by atoms with Gasteiger partial charge in [0.05, 0.1) is 5.52 Å². The highest BCUT2D eigenvalue weighted by Crippen LogP contribution is 2.41. The molecule has 0 bridgehead atoms. The van der Waals surface area contributed by atoms with Crippen LogP contribution in [0, 0.1) is 0 Å². The lowest BCUT2D eigenvalue weighted by atomic mass is 9.86. The van der Waals surface area contributed by atoms with Gasteiger partial charge in [-0.3, -0.25) is 0 Å². The number of nitrogens with one attached hydrogen (secondary N) is 1. The Bertz CT molecular complexity index is 624. The van der Waals surface area contributed by atoms with Gasteiger partial charge in [-0.2, -0.15) is 0 Å². The summed E-state index contributed by atoms with van der Waals surface area (Å²) in [6.45, 7) is 2.35. The summed E-state index contributed by atoms with van der Waals surface area (Å²) in [4.78, 5) is 0. The van der Waals surface area contributed by atoms with Gasteiger partial charge < -0.3 is 9.88 Å². The number of likely N-dealkylation sites (N-methyl/N-ethyl adjacent to an activating group) is 1. The Hall–Kier alpha value is -1.28. The molecule has 0 radical (unpaired) electrons. The van der Waals surface area contributed by atoms with Crippen molar-refractivity contribution in [1.82, 2.24) is 9.88 Å². The van der Waals surface area contributed by atoms with Crippen molar-refractivity contribution in [3.05, 3.63) is 35.0 Å². The zero-order valence-electron chi connectivity index (χ0n) is 11.7. The molecule has 0 spiro atoms. The molecule has 2 aliphatic rings. The van der Waals surface area contributed by atoms with E-state index >= 15 is 0 Å². The number of hydrogen-bond acceptors (Lipinski definition) is 1. The molecule has 1 atom stereocenters. The van der Waals surface area contributed by atoms with Gasteiger partial charge >= 0.3 is 0 Å². The van der Waals surface area contributed by atoms with Crippen LogP contribution in [0.4, 0.5) is 0 Å². The predicted octanol–water partition coefficient (Wildman–Crippen LogP) is 3.23. The maximum Gasteiger partial charge on any atom is 0.0518 e. The molecule has 0 amide bonds. The van der Waals surface area contributed by atoms with Crippen LogP contribution in [0.15, 0.2) is 18.2 Å². The number of para-hydroxylation sites is 1. The standard InChI is InChI=1S/C17H22N2/c1-18-11-13-6-3-9-15-14-8-2-5-12-7-4-10-19(16(12)14)17(13)15/h2,5,8,13,18H,3-4,6-7,9-11H2,1H3. The van der Waals surface area contributed by atoms with E-state index in [2.05, 4.69) is 35.1 Å². The summed E-state index contributed by atoms with van der Waals surface area (Å²) in [5.41, 5.74) is 6.44. The van der Waals surface area contributed by atoms with Crippen LogP contribution in [0.2, 0.25) is 0 Å². The van der Waals surface area contributed by atoms with E-state index in [9.17, 15) is 0 Å². The normalized spacial score (nSPS) is 21.6. The summed E-state index contributed by atoms with van der Waals surface area (Å²) in [5.74, 6) is 0.715. The van der Waals surface area contributed by atoms with E-state index in [0.717, 1.165) is 6.54 Å². The number of aromatic nitrogens is 1. The average Bonchev–Trinajstić information content (AvgIpc) is 2.78. The lowest BCUT2D eigenvalue weighted by molar-refractivity contribution is 0.484. The fraction of sp³-hybridized carbons (Fsp3) is 0.529.